The SMILES string of the molecule is O=C(NC1=N[C@H]([C@H](OCc2ccccc2)[C@@H](NC(=O)C(F)(F)F)C(=O)O)CN1C(=O)OCc1ccccc1)OCc1ccccc1. The lowest BCUT2D eigenvalue weighted by Crippen LogP contribution is -2.57. The number of benzene rings is 3. The van der Waals surface area contributed by atoms with Gasteiger partial charge in [-0.25, -0.2) is 24.3 Å². The second-order valence-corrected chi connectivity index (χ2v) is 9.91. The molecule has 0 aliphatic carbocycles. The Morgan fingerprint density at radius 3 is 1.83 bits per heavy atom. The molecule has 3 aromatic rings. The summed E-state index contributed by atoms with van der Waals surface area (Å²) in [5.41, 5.74) is 1.81. The van der Waals surface area contributed by atoms with E-state index < -0.39 is 60.9 Å². The van der Waals surface area contributed by atoms with Crippen LogP contribution in [0, 0.1) is 0 Å². The van der Waals surface area contributed by atoms with Crippen LogP contribution >= 0.6 is 0 Å². The summed E-state index contributed by atoms with van der Waals surface area (Å²) in [6.45, 7) is -1.11. The molecule has 0 aromatic heterocycles. The zero-order valence-corrected chi connectivity index (χ0v) is 24.1. The minimum atomic E-state index is -5.40. The number of alkyl carbamates (subject to hydrolysis) is 1. The molecule has 1 aliphatic rings. The Balaban J connectivity index is 1.60. The molecule has 3 amide bonds. The van der Waals surface area contributed by atoms with Crippen molar-refractivity contribution < 1.29 is 51.7 Å². The molecule has 15 heteroatoms. The van der Waals surface area contributed by atoms with Crippen LogP contribution in [0.4, 0.5) is 22.8 Å². The van der Waals surface area contributed by atoms with Crippen molar-refractivity contribution >= 4 is 30.0 Å². The van der Waals surface area contributed by atoms with Crippen LogP contribution in [0.15, 0.2) is 96.0 Å². The number of aliphatic imine (C=N–C) groups is 1. The van der Waals surface area contributed by atoms with Gasteiger partial charge in [-0.05, 0) is 16.7 Å². The fraction of sp³-hybridized carbons (Fsp3) is 0.258. The van der Waals surface area contributed by atoms with Crippen molar-refractivity contribution in [3.05, 3.63) is 108 Å². The molecule has 3 aromatic carbocycles. The van der Waals surface area contributed by atoms with Gasteiger partial charge in [0.25, 0.3) is 0 Å². The van der Waals surface area contributed by atoms with Gasteiger partial charge < -0.3 is 24.6 Å². The van der Waals surface area contributed by atoms with Crippen molar-refractivity contribution in [2.75, 3.05) is 6.54 Å². The van der Waals surface area contributed by atoms with Crippen LogP contribution in [0.25, 0.3) is 0 Å². The van der Waals surface area contributed by atoms with Gasteiger partial charge in [-0.2, -0.15) is 13.2 Å². The second-order valence-electron chi connectivity index (χ2n) is 9.91. The van der Waals surface area contributed by atoms with Crippen molar-refractivity contribution in [3.8, 4) is 0 Å². The molecule has 1 aliphatic heterocycles. The molecule has 0 spiro atoms. The number of hydrogen-bond acceptors (Lipinski definition) is 8. The molecule has 3 atom stereocenters. The number of carboxylic acid groups (broad SMARTS) is 1. The van der Waals surface area contributed by atoms with Gasteiger partial charge in [0.15, 0.2) is 6.04 Å². The number of nitrogens with zero attached hydrogens (tertiary/aromatic N) is 2. The van der Waals surface area contributed by atoms with Crippen LogP contribution < -0.4 is 10.6 Å². The minimum absolute atomic E-state index is 0.144. The van der Waals surface area contributed by atoms with Gasteiger partial charge in [0.05, 0.1) is 13.2 Å². The number of nitrogens with one attached hydrogen (secondary N) is 2. The van der Waals surface area contributed by atoms with Gasteiger partial charge >= 0.3 is 30.2 Å². The molecule has 3 N–H and O–H groups in total. The lowest BCUT2D eigenvalue weighted by molar-refractivity contribution is -0.177. The Morgan fingerprint density at radius 2 is 1.33 bits per heavy atom. The molecule has 242 valence electrons. The van der Waals surface area contributed by atoms with Gasteiger partial charge in [0.1, 0.15) is 25.4 Å². The summed E-state index contributed by atoms with van der Waals surface area (Å²) in [6, 6.07) is 21.9. The predicted molar refractivity (Wildman–Crippen MR) is 155 cm³/mol. The van der Waals surface area contributed by atoms with E-state index in [1.807, 2.05) is 0 Å². The fourth-order valence-electron chi connectivity index (χ4n) is 4.33. The molecular weight excluding hydrogens is 613 g/mol. The van der Waals surface area contributed by atoms with Crippen LogP contribution in [0.5, 0.6) is 0 Å². The third-order valence-electron chi connectivity index (χ3n) is 6.57. The van der Waals surface area contributed by atoms with E-state index in [4.69, 9.17) is 14.2 Å². The summed E-state index contributed by atoms with van der Waals surface area (Å²) in [5, 5.41) is 13.6. The first-order chi connectivity index (χ1) is 22.0. The Hall–Kier alpha value is -5.44. The summed E-state index contributed by atoms with van der Waals surface area (Å²) < 4.78 is 55.8. The maximum Gasteiger partial charge on any atom is 0.471 e. The van der Waals surface area contributed by atoms with E-state index in [2.05, 4.69) is 10.3 Å². The van der Waals surface area contributed by atoms with E-state index in [0.29, 0.717) is 16.7 Å². The Morgan fingerprint density at radius 1 is 0.826 bits per heavy atom. The third-order valence-corrected chi connectivity index (χ3v) is 6.57. The first-order valence-corrected chi connectivity index (χ1v) is 13.8. The number of amides is 3. The molecule has 0 fully saturated rings. The molecule has 0 unspecified atom stereocenters. The summed E-state index contributed by atoms with van der Waals surface area (Å²) >= 11 is 0. The number of hydrogen-bond donors (Lipinski definition) is 3. The van der Waals surface area contributed by atoms with Gasteiger partial charge in [-0.3, -0.25) is 10.1 Å². The van der Waals surface area contributed by atoms with E-state index in [1.165, 1.54) is 5.32 Å². The molecule has 0 radical (unpaired) electrons. The topological polar surface area (TPSA) is 156 Å². The second kappa shape index (κ2) is 15.5. The van der Waals surface area contributed by atoms with Crippen molar-refractivity contribution in [2.24, 2.45) is 4.99 Å². The average Bonchev–Trinajstić information content (AvgIpc) is 3.46. The highest BCUT2D eigenvalue weighted by atomic mass is 19.4. The number of carbonyl (C=O) groups is 4. The van der Waals surface area contributed by atoms with Gasteiger partial charge in [-0.15, -0.1) is 0 Å². The van der Waals surface area contributed by atoms with Crippen molar-refractivity contribution in [1.82, 2.24) is 15.5 Å². The summed E-state index contributed by atoms with van der Waals surface area (Å²) in [5.74, 6) is -4.80. The van der Waals surface area contributed by atoms with E-state index in [9.17, 15) is 37.5 Å². The number of ether oxygens (including phenoxy) is 3. The van der Waals surface area contributed by atoms with Crippen LogP contribution in [0.2, 0.25) is 0 Å². The number of carbonyl (C=O) groups excluding carboxylic acids is 3. The smallest absolute Gasteiger partial charge is 0.471 e. The monoisotopic (exact) mass is 642 g/mol. The van der Waals surface area contributed by atoms with E-state index in [0.717, 1.165) is 4.90 Å². The molecule has 46 heavy (non-hydrogen) atoms. The Labute approximate surface area is 260 Å². The first-order valence-electron chi connectivity index (χ1n) is 13.8. The minimum Gasteiger partial charge on any atom is -0.480 e. The maximum atomic E-state index is 13.2. The highest BCUT2D eigenvalue weighted by Crippen LogP contribution is 2.22. The van der Waals surface area contributed by atoms with E-state index in [-0.39, 0.29) is 19.8 Å². The summed E-state index contributed by atoms with van der Waals surface area (Å²) in [6.07, 6.45) is -9.21. The fourth-order valence-corrected chi connectivity index (χ4v) is 4.33. The molecule has 0 bridgehead atoms. The number of carboxylic acids is 1. The molecule has 12 nitrogen and oxygen atoms in total. The molecular formula is C31H29F3N4O8. The number of guanidine groups is 1. The highest BCUT2D eigenvalue weighted by Gasteiger charge is 2.47. The van der Waals surface area contributed by atoms with Crippen LogP contribution in [-0.2, 0) is 43.6 Å². The quantitative estimate of drug-likeness (QED) is 0.284. The van der Waals surface area contributed by atoms with Crippen LogP contribution in [-0.4, -0.2) is 70.9 Å². The summed E-state index contributed by atoms with van der Waals surface area (Å²) in [7, 11) is 0. The predicted octanol–water partition coefficient (Wildman–Crippen LogP) is 4.01. The maximum absolute atomic E-state index is 13.2. The largest absolute Gasteiger partial charge is 0.480 e. The zero-order chi connectivity index (χ0) is 33.1. The van der Waals surface area contributed by atoms with Crippen molar-refractivity contribution in [1.29, 1.82) is 0 Å². The molecule has 0 saturated heterocycles. The van der Waals surface area contributed by atoms with Crippen molar-refractivity contribution in [2.45, 2.75) is 44.2 Å². The average molecular weight is 643 g/mol. The van der Waals surface area contributed by atoms with Gasteiger partial charge in [-0.1, -0.05) is 91.0 Å². The third kappa shape index (κ3) is 9.53. The highest BCUT2D eigenvalue weighted by molar-refractivity contribution is 6.02. The molecule has 1 heterocycles. The summed E-state index contributed by atoms with van der Waals surface area (Å²) in [4.78, 5) is 55.0. The first kappa shape index (κ1) is 33.5. The standard InChI is InChI=1S/C31H29F3N4O8/c32-31(33,34)27(41)36-24(26(39)40)25(44-17-20-10-4-1-5-11-20)23-16-38(30(43)46-19-22-14-8-3-9-15-22)28(35-23)37-29(42)45-18-21-12-6-2-7-13-21/h1-15,23-25H,16-19H2,(H,36,41)(H,39,40)(H,35,37,42)/t23-,24+,25-/m0/s1. The number of halogens is 3. The number of alkyl halides is 3. The van der Waals surface area contributed by atoms with E-state index in [1.54, 1.807) is 91.0 Å². The number of rotatable bonds is 11. The van der Waals surface area contributed by atoms with Crippen LogP contribution in [0.3, 0.4) is 0 Å². The normalized spacial score (nSPS) is 15.7. The lowest BCUT2D eigenvalue weighted by Gasteiger charge is -2.29. The van der Waals surface area contributed by atoms with Crippen LogP contribution in [0.1, 0.15) is 16.7 Å². The van der Waals surface area contributed by atoms with Gasteiger partial charge in [0.2, 0.25) is 5.96 Å². The molecule has 0 saturated carbocycles. The lowest BCUT2D eigenvalue weighted by atomic mass is 10.0. The Kier molecular flexibility index (Phi) is 11.3. The molecule has 4 rings (SSSR count). The Bertz CT molecular complexity index is 1530. The number of aliphatic carboxylic acids is 1. The van der Waals surface area contributed by atoms with Gasteiger partial charge in [0, 0.05) is 0 Å². The van der Waals surface area contributed by atoms with Crippen molar-refractivity contribution in [3.63, 3.8) is 0 Å². The zero-order valence-electron chi connectivity index (χ0n) is 24.1. The van der Waals surface area contributed by atoms with E-state index >= 15 is 0 Å².